The second-order valence-electron chi connectivity index (χ2n) is 7.64. The van der Waals surface area contributed by atoms with Crippen molar-refractivity contribution in [3.05, 3.63) is 22.7 Å². The molecular formula is C16H26BrN2O3S+. The average Bonchev–Trinajstić information content (AvgIpc) is 2.34. The summed E-state index contributed by atoms with van der Waals surface area (Å²) in [6, 6.07) is 4.89. The second-order valence-corrected chi connectivity index (χ2v) is 10.2. The number of hydrogen-bond acceptors (Lipinski definition) is 3. The van der Waals surface area contributed by atoms with Crippen molar-refractivity contribution in [2.75, 3.05) is 7.11 Å². The van der Waals surface area contributed by atoms with E-state index in [1.807, 2.05) is 0 Å². The molecule has 0 atom stereocenters. The van der Waals surface area contributed by atoms with Gasteiger partial charge >= 0.3 is 0 Å². The van der Waals surface area contributed by atoms with Crippen LogP contribution in [-0.4, -0.2) is 32.6 Å². The molecule has 1 aliphatic heterocycles. The first-order chi connectivity index (χ1) is 10.4. The van der Waals surface area contributed by atoms with Gasteiger partial charge in [0.25, 0.3) is 0 Å². The summed E-state index contributed by atoms with van der Waals surface area (Å²) in [5.41, 5.74) is -0.00735. The van der Waals surface area contributed by atoms with Gasteiger partial charge in [0.2, 0.25) is 10.0 Å². The first-order valence-corrected chi connectivity index (χ1v) is 9.95. The van der Waals surface area contributed by atoms with Crippen molar-refractivity contribution >= 4 is 26.0 Å². The second kappa shape index (κ2) is 6.35. The van der Waals surface area contributed by atoms with E-state index in [2.05, 4.69) is 53.7 Å². The number of piperidine rings is 1. The van der Waals surface area contributed by atoms with E-state index < -0.39 is 10.0 Å². The van der Waals surface area contributed by atoms with Crippen molar-refractivity contribution < 1.29 is 18.5 Å². The smallest absolute Gasteiger partial charge is 0.244 e. The normalized spacial score (nSPS) is 21.1. The Morgan fingerprint density at radius 1 is 1.22 bits per heavy atom. The number of nitrogens with one attached hydrogen (secondary N) is 1. The minimum Gasteiger partial charge on any atom is -0.495 e. The van der Waals surface area contributed by atoms with E-state index in [0.29, 0.717) is 10.2 Å². The van der Waals surface area contributed by atoms with Gasteiger partial charge in [0.05, 0.1) is 18.2 Å². The SMILES string of the molecule is COc1ccc(Br)cc1S(=O)(=O)NC1CC(C)(C)[NH2+]C(C)(C)C1. The Hall–Kier alpha value is -0.630. The van der Waals surface area contributed by atoms with Crippen molar-refractivity contribution in [3.63, 3.8) is 0 Å². The molecule has 0 saturated carbocycles. The van der Waals surface area contributed by atoms with Crippen molar-refractivity contribution in [2.24, 2.45) is 0 Å². The summed E-state index contributed by atoms with van der Waals surface area (Å²) in [5.74, 6) is 0.349. The van der Waals surface area contributed by atoms with Gasteiger partial charge in [-0.1, -0.05) is 15.9 Å². The van der Waals surface area contributed by atoms with Gasteiger partial charge in [0.15, 0.2) is 0 Å². The Bertz CT molecular complexity index is 671. The number of quaternary nitrogens is 1. The first-order valence-electron chi connectivity index (χ1n) is 7.67. The highest BCUT2D eigenvalue weighted by atomic mass is 79.9. The number of rotatable bonds is 4. The molecule has 3 N–H and O–H groups in total. The van der Waals surface area contributed by atoms with Crippen LogP contribution < -0.4 is 14.8 Å². The van der Waals surface area contributed by atoms with Gasteiger partial charge in [-0.3, -0.25) is 0 Å². The summed E-state index contributed by atoms with van der Waals surface area (Å²) in [7, 11) is -2.17. The Balaban J connectivity index is 2.30. The largest absolute Gasteiger partial charge is 0.495 e. The van der Waals surface area contributed by atoms with Crippen LogP contribution in [0.25, 0.3) is 0 Å². The maximum absolute atomic E-state index is 12.8. The van der Waals surface area contributed by atoms with E-state index in [4.69, 9.17) is 4.74 Å². The van der Waals surface area contributed by atoms with Gasteiger partial charge in [-0.2, -0.15) is 0 Å². The third kappa shape index (κ3) is 4.68. The third-order valence-corrected chi connectivity index (χ3v) is 6.10. The van der Waals surface area contributed by atoms with Gasteiger partial charge in [0.1, 0.15) is 10.6 Å². The minimum atomic E-state index is -3.64. The number of methoxy groups -OCH3 is 1. The van der Waals surface area contributed by atoms with E-state index in [9.17, 15) is 8.42 Å². The molecule has 1 heterocycles. The highest BCUT2D eigenvalue weighted by Gasteiger charge is 2.43. The highest BCUT2D eigenvalue weighted by Crippen LogP contribution is 2.29. The summed E-state index contributed by atoms with van der Waals surface area (Å²) in [4.78, 5) is 0.166. The molecule has 1 aliphatic rings. The number of nitrogens with two attached hydrogens (primary N) is 1. The van der Waals surface area contributed by atoms with E-state index in [1.54, 1.807) is 18.2 Å². The Morgan fingerprint density at radius 3 is 2.30 bits per heavy atom. The molecule has 7 heteroatoms. The summed E-state index contributed by atoms with van der Waals surface area (Å²) in [6.07, 6.45) is 1.57. The zero-order valence-corrected chi connectivity index (χ0v) is 16.7. The molecule has 0 amide bonds. The maximum atomic E-state index is 12.8. The van der Waals surface area contributed by atoms with Gasteiger partial charge in [-0.25, -0.2) is 13.1 Å². The molecule has 0 spiro atoms. The predicted molar refractivity (Wildman–Crippen MR) is 94.1 cm³/mol. The molecule has 0 aliphatic carbocycles. The molecule has 5 nitrogen and oxygen atoms in total. The topological polar surface area (TPSA) is 72.0 Å². The molecule has 1 aromatic carbocycles. The zero-order valence-electron chi connectivity index (χ0n) is 14.3. The summed E-state index contributed by atoms with van der Waals surface area (Å²) in [6.45, 7) is 8.59. The van der Waals surface area contributed by atoms with Crippen LogP contribution >= 0.6 is 15.9 Å². The molecule has 23 heavy (non-hydrogen) atoms. The van der Waals surface area contributed by atoms with Crippen LogP contribution in [0.1, 0.15) is 40.5 Å². The van der Waals surface area contributed by atoms with Gasteiger partial charge in [0, 0.05) is 23.4 Å². The first kappa shape index (κ1) is 18.7. The lowest BCUT2D eigenvalue weighted by Gasteiger charge is -2.43. The summed E-state index contributed by atoms with van der Waals surface area (Å²) >= 11 is 3.33. The lowest BCUT2D eigenvalue weighted by atomic mass is 9.80. The monoisotopic (exact) mass is 405 g/mol. The number of benzene rings is 1. The van der Waals surface area contributed by atoms with Crippen LogP contribution in [0.15, 0.2) is 27.6 Å². The van der Waals surface area contributed by atoms with Gasteiger partial charge in [-0.05, 0) is 45.9 Å². The zero-order chi connectivity index (χ0) is 17.5. The van der Waals surface area contributed by atoms with Gasteiger partial charge < -0.3 is 10.1 Å². The Kier molecular flexibility index (Phi) is 5.16. The number of hydrogen-bond donors (Lipinski definition) is 2. The van der Waals surface area contributed by atoms with Gasteiger partial charge in [-0.15, -0.1) is 0 Å². The summed E-state index contributed by atoms with van der Waals surface area (Å²) in [5, 5.41) is 2.32. The fraction of sp³-hybridized carbons (Fsp3) is 0.625. The molecule has 0 aromatic heterocycles. The predicted octanol–water partition coefficient (Wildman–Crippen LogP) is 2.02. The molecular weight excluding hydrogens is 380 g/mol. The fourth-order valence-corrected chi connectivity index (χ4v) is 5.69. The molecule has 0 unspecified atom stereocenters. The molecule has 0 bridgehead atoms. The van der Waals surface area contributed by atoms with Crippen LogP contribution in [0.5, 0.6) is 5.75 Å². The van der Waals surface area contributed by atoms with Crippen LogP contribution in [0.4, 0.5) is 0 Å². The molecule has 130 valence electrons. The van der Waals surface area contributed by atoms with E-state index >= 15 is 0 Å². The maximum Gasteiger partial charge on any atom is 0.244 e. The van der Waals surface area contributed by atoms with Crippen LogP contribution in [0.2, 0.25) is 0 Å². The van der Waals surface area contributed by atoms with Crippen molar-refractivity contribution in [1.29, 1.82) is 0 Å². The van der Waals surface area contributed by atoms with Crippen LogP contribution in [0.3, 0.4) is 0 Å². The lowest BCUT2D eigenvalue weighted by Crippen LogP contribution is -3.06. The van der Waals surface area contributed by atoms with E-state index in [-0.39, 0.29) is 22.0 Å². The standard InChI is InChI=1S/C16H25BrN2O3S/c1-15(2)9-12(10-16(3,4)19-15)18-23(20,21)14-8-11(17)6-7-13(14)22-5/h6-8,12,18-19H,9-10H2,1-5H3/p+1. The van der Waals surface area contributed by atoms with Crippen molar-refractivity contribution in [3.8, 4) is 5.75 Å². The average molecular weight is 406 g/mol. The Labute approximate surface area is 147 Å². The van der Waals surface area contributed by atoms with Crippen molar-refractivity contribution in [1.82, 2.24) is 4.72 Å². The Morgan fingerprint density at radius 2 is 1.78 bits per heavy atom. The van der Waals surface area contributed by atoms with E-state index in [0.717, 1.165) is 12.8 Å². The summed E-state index contributed by atoms with van der Waals surface area (Å²) < 4.78 is 34.5. The minimum absolute atomic E-state index is 0.00368. The molecule has 1 saturated heterocycles. The lowest BCUT2D eigenvalue weighted by molar-refractivity contribution is -0.787. The fourth-order valence-electron chi connectivity index (χ4n) is 3.74. The molecule has 0 radical (unpaired) electrons. The quantitative estimate of drug-likeness (QED) is 0.804. The number of halogens is 1. The van der Waals surface area contributed by atoms with Crippen LogP contribution in [0, 0.1) is 0 Å². The third-order valence-electron chi connectivity index (χ3n) is 4.06. The molecule has 2 rings (SSSR count). The molecule has 1 fully saturated rings. The highest BCUT2D eigenvalue weighted by molar-refractivity contribution is 9.10. The number of sulfonamides is 1. The van der Waals surface area contributed by atoms with E-state index in [1.165, 1.54) is 7.11 Å². The van der Waals surface area contributed by atoms with Crippen LogP contribution in [-0.2, 0) is 10.0 Å². The number of ether oxygens (including phenoxy) is 1. The van der Waals surface area contributed by atoms with Crippen molar-refractivity contribution in [2.45, 2.75) is 62.6 Å². The molecule has 1 aromatic rings.